The van der Waals surface area contributed by atoms with E-state index >= 15 is 0 Å². The van der Waals surface area contributed by atoms with Crippen LogP contribution in [0.1, 0.15) is 15.9 Å². The Labute approximate surface area is 107 Å². The van der Waals surface area contributed by atoms with Gasteiger partial charge < -0.3 is 10.4 Å². The van der Waals surface area contributed by atoms with Crippen molar-refractivity contribution in [2.45, 2.75) is 0 Å². The number of amides is 1. The SMILES string of the molecule is O=C1NC(=S)S/C1=C\c1cccc(C(=O)O)c1. The molecule has 2 rings (SSSR count). The third-order valence-corrected chi connectivity index (χ3v) is 3.24. The van der Waals surface area contributed by atoms with Crippen molar-refractivity contribution < 1.29 is 14.7 Å². The van der Waals surface area contributed by atoms with Crippen molar-refractivity contribution >= 4 is 46.3 Å². The Morgan fingerprint density at radius 3 is 2.82 bits per heavy atom. The third-order valence-electron chi connectivity index (χ3n) is 2.07. The highest BCUT2D eigenvalue weighted by Crippen LogP contribution is 2.25. The van der Waals surface area contributed by atoms with Crippen molar-refractivity contribution in [2.24, 2.45) is 0 Å². The van der Waals surface area contributed by atoms with Gasteiger partial charge in [-0.2, -0.15) is 0 Å². The van der Waals surface area contributed by atoms with Crippen LogP contribution in [0.15, 0.2) is 29.2 Å². The van der Waals surface area contributed by atoms with E-state index in [-0.39, 0.29) is 11.5 Å². The highest BCUT2D eigenvalue weighted by atomic mass is 32.2. The number of benzene rings is 1. The Balaban J connectivity index is 2.33. The number of carbonyl (C=O) groups is 2. The minimum Gasteiger partial charge on any atom is -0.478 e. The van der Waals surface area contributed by atoms with Gasteiger partial charge in [-0.1, -0.05) is 36.1 Å². The van der Waals surface area contributed by atoms with Crippen molar-refractivity contribution in [2.75, 3.05) is 0 Å². The maximum atomic E-state index is 11.4. The Kier molecular flexibility index (Phi) is 3.26. The number of thioether (sulfide) groups is 1. The minimum atomic E-state index is -0.996. The van der Waals surface area contributed by atoms with Crippen molar-refractivity contribution in [1.82, 2.24) is 5.32 Å². The van der Waals surface area contributed by atoms with Gasteiger partial charge >= 0.3 is 5.97 Å². The van der Waals surface area contributed by atoms with E-state index in [2.05, 4.69) is 5.32 Å². The summed E-state index contributed by atoms with van der Waals surface area (Å²) in [6, 6.07) is 6.36. The average Bonchev–Trinajstić information content (AvgIpc) is 2.58. The number of carboxylic acids is 1. The molecule has 1 amide bonds. The van der Waals surface area contributed by atoms with E-state index in [0.29, 0.717) is 14.8 Å². The zero-order valence-corrected chi connectivity index (χ0v) is 10.1. The highest BCUT2D eigenvalue weighted by Gasteiger charge is 2.21. The number of carbonyl (C=O) groups excluding carboxylic acids is 1. The van der Waals surface area contributed by atoms with Gasteiger partial charge in [0.2, 0.25) is 0 Å². The van der Waals surface area contributed by atoms with Gasteiger partial charge in [-0.3, -0.25) is 4.79 Å². The number of nitrogens with one attached hydrogen (secondary N) is 1. The predicted molar refractivity (Wildman–Crippen MR) is 69.7 cm³/mol. The van der Waals surface area contributed by atoms with Crippen LogP contribution in [0, 0.1) is 0 Å². The molecule has 0 radical (unpaired) electrons. The molecular formula is C11H7NO3S2. The highest BCUT2D eigenvalue weighted by molar-refractivity contribution is 8.26. The molecule has 17 heavy (non-hydrogen) atoms. The molecule has 0 saturated carbocycles. The number of thiocarbonyl (C=S) groups is 1. The monoisotopic (exact) mass is 265 g/mol. The fourth-order valence-electron chi connectivity index (χ4n) is 1.33. The summed E-state index contributed by atoms with van der Waals surface area (Å²) in [6.07, 6.45) is 1.62. The largest absolute Gasteiger partial charge is 0.478 e. The first-order valence-corrected chi connectivity index (χ1v) is 5.87. The third kappa shape index (κ3) is 2.72. The lowest BCUT2D eigenvalue weighted by Gasteiger charge is -1.97. The molecule has 1 aliphatic rings. The van der Waals surface area contributed by atoms with Crippen molar-refractivity contribution in [3.8, 4) is 0 Å². The first-order valence-electron chi connectivity index (χ1n) is 4.64. The first kappa shape index (κ1) is 11.8. The maximum Gasteiger partial charge on any atom is 0.335 e. The van der Waals surface area contributed by atoms with Gasteiger partial charge in [-0.15, -0.1) is 0 Å². The topological polar surface area (TPSA) is 66.4 Å². The molecule has 1 fully saturated rings. The van der Waals surface area contributed by atoms with Crippen LogP contribution in [0.2, 0.25) is 0 Å². The number of carboxylic acid groups (broad SMARTS) is 1. The Morgan fingerprint density at radius 2 is 2.24 bits per heavy atom. The number of hydrogen-bond donors (Lipinski definition) is 2. The number of aromatic carboxylic acids is 1. The fraction of sp³-hybridized carbons (Fsp3) is 0. The van der Waals surface area contributed by atoms with Gasteiger partial charge in [-0.25, -0.2) is 4.79 Å². The molecular weight excluding hydrogens is 258 g/mol. The lowest BCUT2D eigenvalue weighted by Crippen LogP contribution is -2.17. The lowest BCUT2D eigenvalue weighted by molar-refractivity contribution is -0.115. The second-order valence-corrected chi connectivity index (χ2v) is 5.00. The first-order chi connectivity index (χ1) is 8.06. The van der Waals surface area contributed by atoms with Crippen molar-refractivity contribution in [3.05, 3.63) is 40.3 Å². The fourth-order valence-corrected chi connectivity index (χ4v) is 2.38. The second-order valence-electron chi connectivity index (χ2n) is 3.28. The molecule has 2 N–H and O–H groups in total. The molecule has 0 aromatic heterocycles. The van der Waals surface area contributed by atoms with Gasteiger partial charge in [0.15, 0.2) is 0 Å². The molecule has 1 aromatic rings. The summed E-state index contributed by atoms with van der Waals surface area (Å²) in [7, 11) is 0. The van der Waals surface area contributed by atoms with Crippen molar-refractivity contribution in [3.63, 3.8) is 0 Å². The van der Waals surface area contributed by atoms with Crippen LogP contribution in [-0.2, 0) is 4.79 Å². The Hall–Kier alpha value is -1.66. The van der Waals surface area contributed by atoms with Crippen LogP contribution in [0.3, 0.4) is 0 Å². The molecule has 0 spiro atoms. The zero-order valence-electron chi connectivity index (χ0n) is 8.47. The predicted octanol–water partition coefficient (Wildman–Crippen LogP) is 1.87. The second kappa shape index (κ2) is 4.68. The maximum absolute atomic E-state index is 11.4. The standard InChI is InChI=1S/C11H7NO3S2/c13-9-8(17-11(16)12-9)5-6-2-1-3-7(4-6)10(14)15/h1-5H,(H,14,15)(H,12,13,16)/b8-5-. The van der Waals surface area contributed by atoms with Crippen molar-refractivity contribution in [1.29, 1.82) is 0 Å². The van der Waals surface area contributed by atoms with E-state index in [0.717, 1.165) is 0 Å². The normalized spacial score (nSPS) is 17.3. The Bertz CT molecular complexity index is 551. The summed E-state index contributed by atoms with van der Waals surface area (Å²) in [5.41, 5.74) is 0.845. The van der Waals surface area contributed by atoms with Crippen LogP contribution >= 0.6 is 24.0 Å². The Morgan fingerprint density at radius 1 is 1.47 bits per heavy atom. The lowest BCUT2D eigenvalue weighted by atomic mass is 10.1. The molecule has 6 heteroatoms. The van der Waals surface area contributed by atoms with Crippen LogP contribution in [0.5, 0.6) is 0 Å². The molecule has 1 saturated heterocycles. The summed E-state index contributed by atoms with van der Waals surface area (Å²) in [5, 5.41) is 11.3. The molecule has 0 bridgehead atoms. The molecule has 86 valence electrons. The molecule has 4 nitrogen and oxygen atoms in total. The minimum absolute atomic E-state index is 0.185. The van der Waals surface area contributed by atoms with E-state index in [4.69, 9.17) is 17.3 Å². The number of rotatable bonds is 2. The van der Waals surface area contributed by atoms with Gasteiger partial charge in [0.05, 0.1) is 10.5 Å². The quantitative estimate of drug-likeness (QED) is 0.631. The molecule has 0 unspecified atom stereocenters. The van der Waals surface area contributed by atoms with Gasteiger partial charge in [-0.05, 0) is 23.8 Å². The molecule has 1 aliphatic heterocycles. The zero-order chi connectivity index (χ0) is 12.4. The molecule has 0 aliphatic carbocycles. The average molecular weight is 265 g/mol. The van der Waals surface area contributed by atoms with E-state index in [1.807, 2.05) is 0 Å². The molecule has 1 aromatic carbocycles. The van der Waals surface area contributed by atoms with Gasteiger partial charge in [0.25, 0.3) is 5.91 Å². The summed E-state index contributed by atoms with van der Waals surface area (Å²) >= 11 is 6.02. The summed E-state index contributed by atoms with van der Waals surface area (Å²) in [6.45, 7) is 0. The van der Waals surface area contributed by atoms with Gasteiger partial charge in [0.1, 0.15) is 4.32 Å². The molecule has 0 atom stereocenters. The summed E-state index contributed by atoms with van der Waals surface area (Å²) in [4.78, 5) is 22.7. The van der Waals surface area contributed by atoms with Gasteiger partial charge in [0, 0.05) is 0 Å². The van der Waals surface area contributed by atoms with E-state index in [1.54, 1.807) is 18.2 Å². The summed E-state index contributed by atoms with van der Waals surface area (Å²) in [5.74, 6) is -1.25. The summed E-state index contributed by atoms with van der Waals surface area (Å²) < 4.78 is 0.413. The van der Waals surface area contributed by atoms with E-state index in [1.165, 1.54) is 23.9 Å². The van der Waals surface area contributed by atoms with Crippen LogP contribution in [-0.4, -0.2) is 21.3 Å². The van der Waals surface area contributed by atoms with Crippen LogP contribution in [0.4, 0.5) is 0 Å². The smallest absolute Gasteiger partial charge is 0.335 e. The van der Waals surface area contributed by atoms with E-state index in [9.17, 15) is 9.59 Å². The molecule has 1 heterocycles. The number of hydrogen-bond acceptors (Lipinski definition) is 4. The van der Waals surface area contributed by atoms with Crippen LogP contribution in [0.25, 0.3) is 6.08 Å². The van der Waals surface area contributed by atoms with Crippen LogP contribution < -0.4 is 5.32 Å². The van der Waals surface area contributed by atoms with E-state index < -0.39 is 5.97 Å².